The van der Waals surface area contributed by atoms with Crippen LogP contribution in [0, 0.1) is 17.8 Å². The molecule has 3 aliphatic heterocycles. The molecule has 0 bridgehead atoms. The van der Waals surface area contributed by atoms with Crippen LogP contribution in [0.15, 0.2) is 24.0 Å². The third-order valence-electron chi connectivity index (χ3n) is 4.81. The van der Waals surface area contributed by atoms with E-state index in [4.69, 9.17) is 14.2 Å². The number of esters is 1. The first-order valence-electron chi connectivity index (χ1n) is 6.75. The molecule has 1 aliphatic carbocycles. The van der Waals surface area contributed by atoms with Crippen molar-refractivity contribution in [2.75, 3.05) is 0 Å². The third-order valence-corrected chi connectivity index (χ3v) is 4.81. The van der Waals surface area contributed by atoms with Gasteiger partial charge in [-0.15, -0.1) is 0 Å². The summed E-state index contributed by atoms with van der Waals surface area (Å²) in [4.78, 5) is 23.3. The van der Waals surface area contributed by atoms with Gasteiger partial charge in [0.05, 0.1) is 23.7 Å². The molecule has 4 aliphatic rings. The van der Waals surface area contributed by atoms with Crippen LogP contribution in [-0.2, 0) is 23.8 Å². The molecule has 6 heteroatoms. The highest BCUT2D eigenvalue weighted by molar-refractivity contribution is 5.88. The summed E-state index contributed by atoms with van der Waals surface area (Å²) in [6.07, 6.45) is 4.54. The molecule has 2 fully saturated rings. The monoisotopic (exact) mass is 278 g/mol. The summed E-state index contributed by atoms with van der Waals surface area (Å²) in [6.45, 7) is 1.91. The molecular formula is C14H14O6. The fourth-order valence-electron chi connectivity index (χ4n) is 3.92. The second kappa shape index (κ2) is 3.63. The number of carbonyl (C=O) groups excluding carboxylic acids is 1. The molecule has 2 saturated heterocycles. The van der Waals surface area contributed by atoms with Crippen LogP contribution in [0.4, 0.5) is 0 Å². The molecule has 0 radical (unpaired) electrons. The van der Waals surface area contributed by atoms with Crippen LogP contribution in [0.2, 0.25) is 0 Å². The third kappa shape index (κ3) is 1.18. The van der Waals surface area contributed by atoms with Crippen LogP contribution in [0.25, 0.3) is 0 Å². The van der Waals surface area contributed by atoms with Gasteiger partial charge >= 0.3 is 11.9 Å². The summed E-state index contributed by atoms with van der Waals surface area (Å²) in [5.41, 5.74) is -0.679. The Morgan fingerprint density at radius 2 is 2.30 bits per heavy atom. The summed E-state index contributed by atoms with van der Waals surface area (Å²) < 4.78 is 16.9. The van der Waals surface area contributed by atoms with E-state index >= 15 is 0 Å². The average molecular weight is 278 g/mol. The van der Waals surface area contributed by atoms with E-state index in [1.807, 2.05) is 6.92 Å². The first kappa shape index (κ1) is 12.0. The van der Waals surface area contributed by atoms with E-state index in [0.717, 1.165) is 0 Å². The second-order valence-electron chi connectivity index (χ2n) is 5.64. The Morgan fingerprint density at radius 1 is 1.50 bits per heavy atom. The van der Waals surface area contributed by atoms with Crippen LogP contribution in [0.1, 0.15) is 13.3 Å². The highest BCUT2D eigenvalue weighted by Gasteiger charge is 2.71. The predicted octanol–water partition coefficient (Wildman–Crippen LogP) is 0.834. The van der Waals surface area contributed by atoms with Gasteiger partial charge in [0.1, 0.15) is 6.10 Å². The van der Waals surface area contributed by atoms with Crippen molar-refractivity contribution < 1.29 is 28.9 Å². The van der Waals surface area contributed by atoms with Gasteiger partial charge in [0.15, 0.2) is 5.60 Å². The van der Waals surface area contributed by atoms with Gasteiger partial charge in [-0.25, -0.2) is 4.79 Å². The number of carbonyl (C=O) groups is 2. The maximum Gasteiger partial charge on any atom is 0.335 e. The summed E-state index contributed by atoms with van der Waals surface area (Å²) in [5, 5.41) is 9.24. The molecule has 0 aromatic carbocycles. The summed E-state index contributed by atoms with van der Waals surface area (Å²) in [5.74, 6) is -2.24. The molecule has 1 N–H and O–H groups in total. The van der Waals surface area contributed by atoms with Crippen molar-refractivity contribution >= 4 is 11.9 Å². The molecule has 0 saturated carbocycles. The lowest BCUT2D eigenvalue weighted by molar-refractivity contribution is -0.162. The lowest BCUT2D eigenvalue weighted by atomic mass is 9.77. The zero-order valence-electron chi connectivity index (χ0n) is 10.8. The Kier molecular flexibility index (Phi) is 2.17. The van der Waals surface area contributed by atoms with E-state index in [-0.39, 0.29) is 29.3 Å². The standard InChI is InChI=1S/C14H14O6/c1-2-6-10-14(20-12(6)17)4-3-7-8(11(15)16)5-18-13(19-10)9(7)14/h3-7,9-10,13H,2H2,1H3,(H,15,16)/t6-,7+,9-,10+,13+,14+/m1/s1. The van der Waals surface area contributed by atoms with Gasteiger partial charge in [0.2, 0.25) is 6.29 Å². The Hall–Kier alpha value is -1.82. The van der Waals surface area contributed by atoms with Crippen molar-refractivity contribution in [1.82, 2.24) is 0 Å². The zero-order valence-corrected chi connectivity index (χ0v) is 10.8. The van der Waals surface area contributed by atoms with Gasteiger partial charge in [-0.2, -0.15) is 0 Å². The highest BCUT2D eigenvalue weighted by Crippen LogP contribution is 2.58. The molecule has 0 aromatic rings. The SMILES string of the molecule is CC[C@H]1C(=O)O[C@]23C=C[C@H]4C(C(=O)O)=CO[C@@H](O[C@@H]12)[C@@H]43. The number of hydrogen-bond donors (Lipinski definition) is 1. The number of rotatable bonds is 2. The Balaban J connectivity index is 1.78. The minimum absolute atomic E-state index is 0.180. The van der Waals surface area contributed by atoms with Crippen molar-refractivity contribution in [3.63, 3.8) is 0 Å². The van der Waals surface area contributed by atoms with E-state index in [1.165, 1.54) is 6.26 Å². The maximum atomic E-state index is 12.0. The van der Waals surface area contributed by atoms with Crippen LogP contribution < -0.4 is 0 Å². The van der Waals surface area contributed by atoms with E-state index < -0.39 is 24.0 Å². The minimum atomic E-state index is -1.02. The molecule has 0 aromatic heterocycles. The first-order valence-corrected chi connectivity index (χ1v) is 6.75. The summed E-state index contributed by atoms with van der Waals surface area (Å²) in [6, 6.07) is 0. The molecule has 6 atom stereocenters. The van der Waals surface area contributed by atoms with Crippen LogP contribution >= 0.6 is 0 Å². The summed E-state index contributed by atoms with van der Waals surface area (Å²) in [7, 11) is 0. The first-order chi connectivity index (χ1) is 9.58. The van der Waals surface area contributed by atoms with Gasteiger partial charge in [-0.1, -0.05) is 13.0 Å². The lowest BCUT2D eigenvalue weighted by Gasteiger charge is -2.32. The Morgan fingerprint density at radius 3 is 3.00 bits per heavy atom. The topological polar surface area (TPSA) is 82.1 Å². The van der Waals surface area contributed by atoms with Crippen molar-refractivity contribution in [2.24, 2.45) is 17.8 Å². The van der Waals surface area contributed by atoms with Gasteiger partial charge in [-0.05, 0) is 12.5 Å². The quantitative estimate of drug-likeness (QED) is 0.595. The normalized spacial score (nSPS) is 47.4. The molecule has 1 spiro atoms. The van der Waals surface area contributed by atoms with Crippen molar-refractivity contribution in [1.29, 1.82) is 0 Å². The fraction of sp³-hybridized carbons (Fsp3) is 0.571. The fourth-order valence-corrected chi connectivity index (χ4v) is 3.92. The van der Waals surface area contributed by atoms with E-state index in [2.05, 4.69) is 0 Å². The van der Waals surface area contributed by atoms with Crippen LogP contribution in [-0.4, -0.2) is 35.0 Å². The van der Waals surface area contributed by atoms with Gasteiger partial charge in [0.25, 0.3) is 0 Å². The molecule has 4 rings (SSSR count). The molecular weight excluding hydrogens is 264 g/mol. The van der Waals surface area contributed by atoms with Crippen molar-refractivity contribution in [3.8, 4) is 0 Å². The molecule has 0 amide bonds. The number of ether oxygens (including phenoxy) is 3. The van der Waals surface area contributed by atoms with E-state index in [0.29, 0.717) is 6.42 Å². The molecule has 20 heavy (non-hydrogen) atoms. The summed E-state index contributed by atoms with van der Waals surface area (Å²) >= 11 is 0. The lowest BCUT2D eigenvalue weighted by Crippen LogP contribution is -2.43. The van der Waals surface area contributed by atoms with Crippen molar-refractivity contribution in [2.45, 2.75) is 31.3 Å². The number of carboxylic acid groups (broad SMARTS) is 1. The Labute approximate surface area is 115 Å². The smallest absolute Gasteiger partial charge is 0.335 e. The zero-order chi connectivity index (χ0) is 14.1. The number of allylic oxidation sites excluding steroid dienone is 1. The molecule has 106 valence electrons. The Bertz CT molecular complexity index is 564. The molecule has 3 heterocycles. The van der Waals surface area contributed by atoms with Gasteiger partial charge < -0.3 is 19.3 Å². The van der Waals surface area contributed by atoms with E-state index in [9.17, 15) is 14.7 Å². The minimum Gasteiger partial charge on any atom is -0.478 e. The number of hydrogen-bond acceptors (Lipinski definition) is 5. The van der Waals surface area contributed by atoms with Gasteiger partial charge in [0, 0.05) is 5.92 Å². The number of carboxylic acids is 1. The largest absolute Gasteiger partial charge is 0.478 e. The second-order valence-corrected chi connectivity index (χ2v) is 5.64. The van der Waals surface area contributed by atoms with E-state index in [1.54, 1.807) is 12.2 Å². The van der Waals surface area contributed by atoms with Crippen molar-refractivity contribution in [3.05, 3.63) is 24.0 Å². The van der Waals surface area contributed by atoms with Gasteiger partial charge in [-0.3, -0.25) is 4.79 Å². The highest BCUT2D eigenvalue weighted by atomic mass is 16.7. The molecule has 6 nitrogen and oxygen atoms in total. The average Bonchev–Trinajstić information content (AvgIpc) is 3.00. The van der Waals surface area contributed by atoms with Crippen LogP contribution in [0.3, 0.4) is 0 Å². The number of aliphatic carboxylic acids is 1. The molecule has 0 unspecified atom stereocenters. The predicted molar refractivity (Wildman–Crippen MR) is 64.2 cm³/mol. The van der Waals surface area contributed by atoms with Crippen LogP contribution in [0.5, 0.6) is 0 Å². The maximum absolute atomic E-state index is 12.0.